The zero-order valence-electron chi connectivity index (χ0n) is 19.9. The largest absolute Gasteiger partial charge is 0.403 e. The molecule has 1 N–H and O–H groups in total. The maximum absolute atomic E-state index is 14.9. The van der Waals surface area contributed by atoms with Crippen molar-refractivity contribution in [3.63, 3.8) is 0 Å². The van der Waals surface area contributed by atoms with E-state index in [0.29, 0.717) is 43.3 Å². The lowest BCUT2D eigenvalue weighted by Gasteiger charge is -2.30. The summed E-state index contributed by atoms with van der Waals surface area (Å²) in [5.74, 6) is -0.348. The molecule has 1 saturated heterocycles. The monoisotopic (exact) mass is 497 g/mol. The molecule has 9 heteroatoms. The van der Waals surface area contributed by atoms with Crippen LogP contribution in [0.25, 0.3) is 11.5 Å². The lowest BCUT2D eigenvalue weighted by Crippen LogP contribution is -2.37. The van der Waals surface area contributed by atoms with Gasteiger partial charge in [0.15, 0.2) is 11.9 Å². The van der Waals surface area contributed by atoms with E-state index in [9.17, 15) is 9.18 Å². The second-order valence-corrected chi connectivity index (χ2v) is 8.84. The summed E-state index contributed by atoms with van der Waals surface area (Å²) < 4.78 is 26.2. The number of benzene rings is 3. The molecule has 1 atom stereocenters. The van der Waals surface area contributed by atoms with Gasteiger partial charge in [-0.25, -0.2) is 4.39 Å². The summed E-state index contributed by atoms with van der Waals surface area (Å²) in [7, 11) is 0. The zero-order valence-corrected chi connectivity index (χ0v) is 19.9. The number of halogens is 1. The number of aromatic nitrogens is 2. The molecule has 0 radical (unpaired) electrons. The fourth-order valence-corrected chi connectivity index (χ4v) is 4.70. The highest BCUT2D eigenvalue weighted by molar-refractivity contribution is 6.16. The molecule has 4 aromatic rings. The Morgan fingerprint density at radius 1 is 0.892 bits per heavy atom. The average molecular weight is 498 g/mol. The molecule has 3 heterocycles. The summed E-state index contributed by atoms with van der Waals surface area (Å²) in [5, 5.41) is 11.3. The number of Topliss-reactive ketones (excluding diaryl/α,β-unsaturated/α-hetero) is 1. The minimum absolute atomic E-state index is 0.0349. The Hall–Kier alpha value is -4.37. The van der Waals surface area contributed by atoms with Gasteiger partial charge in [-0.15, -0.1) is 5.10 Å². The van der Waals surface area contributed by atoms with Crippen molar-refractivity contribution in [2.24, 2.45) is 4.99 Å². The molecule has 1 fully saturated rings. The summed E-state index contributed by atoms with van der Waals surface area (Å²) in [6.45, 7) is 2.14. The Morgan fingerprint density at radius 3 is 2.49 bits per heavy atom. The lowest BCUT2D eigenvalue weighted by molar-refractivity contribution is -0.119. The van der Waals surface area contributed by atoms with Crippen molar-refractivity contribution >= 4 is 23.2 Å². The van der Waals surface area contributed by atoms with Gasteiger partial charge in [0.05, 0.1) is 30.2 Å². The Morgan fingerprint density at radius 2 is 1.65 bits per heavy atom. The summed E-state index contributed by atoms with van der Waals surface area (Å²) in [6, 6.07) is 22.3. The smallest absolute Gasteiger partial charge is 0.317 e. The van der Waals surface area contributed by atoms with Gasteiger partial charge in [0.1, 0.15) is 5.82 Å². The van der Waals surface area contributed by atoms with E-state index in [2.05, 4.69) is 15.5 Å². The minimum atomic E-state index is -0.929. The standard InChI is InChI=1S/C28H24FN5O3/c29-22-12-6-11-21(25(22)34-13-15-36-16-14-34)27-32-33-28(37-27)31-26-23(35)17-19-9-4-5-10-20(19)24(30-26)18-7-2-1-3-8-18/h1-12,26H,13-17H2,(H,31,33)/t26-/m1/s1. The van der Waals surface area contributed by atoms with Crippen LogP contribution in [0.5, 0.6) is 0 Å². The zero-order chi connectivity index (χ0) is 25.2. The third-order valence-corrected chi connectivity index (χ3v) is 6.48. The fourth-order valence-electron chi connectivity index (χ4n) is 4.70. The molecule has 0 amide bonds. The molecular weight excluding hydrogens is 473 g/mol. The summed E-state index contributed by atoms with van der Waals surface area (Å²) in [6.07, 6.45) is -0.721. The highest BCUT2D eigenvalue weighted by atomic mass is 19.1. The van der Waals surface area contributed by atoms with Crippen LogP contribution in [-0.2, 0) is 16.0 Å². The van der Waals surface area contributed by atoms with Crippen LogP contribution in [0.2, 0.25) is 0 Å². The Bertz CT molecular complexity index is 1460. The van der Waals surface area contributed by atoms with Gasteiger partial charge >= 0.3 is 6.01 Å². The van der Waals surface area contributed by atoms with Gasteiger partial charge in [0.25, 0.3) is 5.89 Å². The van der Waals surface area contributed by atoms with Gasteiger partial charge in [-0.2, -0.15) is 0 Å². The number of nitrogens with zero attached hydrogens (tertiary/aromatic N) is 4. The summed E-state index contributed by atoms with van der Waals surface area (Å²) in [5.41, 5.74) is 4.30. The number of rotatable bonds is 5. The number of ketones is 1. The number of anilines is 2. The maximum Gasteiger partial charge on any atom is 0.317 e. The predicted octanol–water partition coefficient (Wildman–Crippen LogP) is 4.11. The number of hydrogen-bond donors (Lipinski definition) is 1. The van der Waals surface area contributed by atoms with E-state index >= 15 is 0 Å². The van der Waals surface area contributed by atoms with Crippen molar-refractivity contribution in [1.82, 2.24) is 10.2 Å². The third kappa shape index (κ3) is 4.61. The van der Waals surface area contributed by atoms with Crippen molar-refractivity contribution in [3.8, 4) is 11.5 Å². The van der Waals surface area contributed by atoms with E-state index in [0.717, 1.165) is 16.7 Å². The first kappa shape index (κ1) is 23.1. The van der Waals surface area contributed by atoms with Gasteiger partial charge in [-0.3, -0.25) is 9.79 Å². The van der Waals surface area contributed by atoms with Gasteiger partial charge < -0.3 is 19.4 Å². The highest BCUT2D eigenvalue weighted by Gasteiger charge is 2.28. The third-order valence-electron chi connectivity index (χ3n) is 6.48. The molecule has 2 aliphatic rings. The molecule has 37 heavy (non-hydrogen) atoms. The van der Waals surface area contributed by atoms with Crippen molar-refractivity contribution in [1.29, 1.82) is 0 Å². The molecule has 3 aromatic carbocycles. The number of ether oxygens (including phenoxy) is 1. The van der Waals surface area contributed by atoms with Crippen molar-refractivity contribution in [2.45, 2.75) is 12.6 Å². The molecule has 0 aliphatic carbocycles. The summed E-state index contributed by atoms with van der Waals surface area (Å²) in [4.78, 5) is 19.9. The predicted molar refractivity (Wildman–Crippen MR) is 137 cm³/mol. The van der Waals surface area contributed by atoms with Crippen LogP contribution in [-0.4, -0.2) is 54.2 Å². The van der Waals surface area contributed by atoms with E-state index in [1.54, 1.807) is 12.1 Å². The molecule has 1 aromatic heterocycles. The Balaban J connectivity index is 1.33. The van der Waals surface area contributed by atoms with E-state index in [-0.39, 0.29) is 29.9 Å². The molecule has 6 rings (SSSR count). The first-order valence-electron chi connectivity index (χ1n) is 12.1. The number of carbonyl (C=O) groups excluding carboxylic acids is 1. The second-order valence-electron chi connectivity index (χ2n) is 8.84. The van der Waals surface area contributed by atoms with Crippen LogP contribution in [0.1, 0.15) is 16.7 Å². The van der Waals surface area contributed by atoms with E-state index < -0.39 is 6.17 Å². The van der Waals surface area contributed by atoms with Gasteiger partial charge in [-0.1, -0.05) is 65.8 Å². The molecule has 0 bridgehead atoms. The van der Waals surface area contributed by atoms with Crippen LogP contribution >= 0.6 is 0 Å². The number of aliphatic imine (C=N–C) groups is 1. The molecule has 2 aliphatic heterocycles. The minimum Gasteiger partial charge on any atom is -0.403 e. The van der Waals surface area contributed by atoms with Crippen LogP contribution in [0.3, 0.4) is 0 Å². The van der Waals surface area contributed by atoms with E-state index in [1.807, 2.05) is 59.5 Å². The first-order chi connectivity index (χ1) is 18.2. The topological polar surface area (TPSA) is 92.9 Å². The SMILES string of the molecule is O=C1Cc2ccccc2C(c2ccccc2)=N[C@@H]1Nc1nnc(-c2cccc(F)c2N2CCOCC2)o1. The van der Waals surface area contributed by atoms with Gasteiger partial charge in [-0.05, 0) is 17.7 Å². The average Bonchev–Trinajstić information content (AvgIpc) is 3.35. The maximum atomic E-state index is 14.9. The second kappa shape index (κ2) is 9.94. The highest BCUT2D eigenvalue weighted by Crippen LogP contribution is 2.34. The Labute approximate surface area is 212 Å². The number of carbonyl (C=O) groups is 1. The molecule has 0 saturated carbocycles. The number of para-hydroxylation sites is 1. The molecular formula is C28H24FN5O3. The number of fused-ring (bicyclic) bond motifs is 1. The quantitative estimate of drug-likeness (QED) is 0.444. The van der Waals surface area contributed by atoms with Crippen LogP contribution < -0.4 is 10.2 Å². The molecule has 0 spiro atoms. The number of hydrogen-bond acceptors (Lipinski definition) is 8. The van der Waals surface area contributed by atoms with E-state index in [1.165, 1.54) is 6.07 Å². The summed E-state index contributed by atoms with van der Waals surface area (Å²) >= 11 is 0. The molecule has 0 unspecified atom stereocenters. The normalized spacial score (nSPS) is 17.6. The van der Waals surface area contributed by atoms with Crippen molar-refractivity contribution < 1.29 is 18.3 Å². The molecule has 8 nitrogen and oxygen atoms in total. The van der Waals surface area contributed by atoms with Crippen LogP contribution in [0.15, 0.2) is 82.2 Å². The first-order valence-corrected chi connectivity index (χ1v) is 12.1. The van der Waals surface area contributed by atoms with Gasteiger partial charge in [0.2, 0.25) is 0 Å². The van der Waals surface area contributed by atoms with Crippen LogP contribution in [0.4, 0.5) is 16.1 Å². The fraction of sp³-hybridized carbons (Fsp3) is 0.214. The Kier molecular flexibility index (Phi) is 6.20. The van der Waals surface area contributed by atoms with E-state index in [4.69, 9.17) is 14.1 Å². The van der Waals surface area contributed by atoms with Crippen LogP contribution in [0, 0.1) is 5.82 Å². The number of nitrogens with one attached hydrogen (secondary N) is 1. The molecule has 186 valence electrons. The van der Waals surface area contributed by atoms with Gasteiger partial charge in [0, 0.05) is 30.6 Å². The van der Waals surface area contributed by atoms with Crippen molar-refractivity contribution in [2.75, 3.05) is 36.5 Å². The van der Waals surface area contributed by atoms with Crippen molar-refractivity contribution in [3.05, 3.63) is 95.3 Å². The lowest BCUT2D eigenvalue weighted by atomic mass is 9.96. The number of morpholine rings is 1.